The van der Waals surface area contributed by atoms with Crippen LogP contribution >= 0.6 is 24.0 Å². The molecule has 1 N–H and O–H groups in total. The van der Waals surface area contributed by atoms with Crippen molar-refractivity contribution in [2.24, 2.45) is 0 Å². The molecule has 0 saturated carbocycles. The van der Waals surface area contributed by atoms with Gasteiger partial charge in [0, 0.05) is 5.56 Å². The fourth-order valence-electron chi connectivity index (χ4n) is 2.65. The summed E-state index contributed by atoms with van der Waals surface area (Å²) in [6.45, 7) is 5.75. The molecule has 0 atom stereocenters. The SMILES string of the molecule is Cc1ccccc1C(=O)NN1C(=O)/C(=C\c2cccc(OC(C)C)c2)SC1=S. The van der Waals surface area contributed by atoms with E-state index in [2.05, 4.69) is 5.43 Å². The highest BCUT2D eigenvalue weighted by atomic mass is 32.2. The normalized spacial score (nSPS) is 15.4. The number of hydrogen-bond donors (Lipinski definition) is 1. The van der Waals surface area contributed by atoms with E-state index in [1.807, 2.05) is 57.2 Å². The molecule has 0 aromatic heterocycles. The standard InChI is InChI=1S/C21H20N2O3S2/c1-13(2)26-16-9-6-8-15(11-16)12-18-20(25)23(21(27)28-18)22-19(24)17-10-5-4-7-14(17)3/h4-13H,1-3H3,(H,22,24)/b18-12+. The molecule has 2 aromatic rings. The van der Waals surface area contributed by atoms with Crippen molar-refractivity contribution in [2.75, 3.05) is 0 Å². The Balaban J connectivity index is 1.77. The lowest BCUT2D eigenvalue weighted by atomic mass is 10.1. The molecule has 0 spiro atoms. The number of benzene rings is 2. The van der Waals surface area contributed by atoms with Crippen LogP contribution in [0.5, 0.6) is 5.75 Å². The molecule has 1 fully saturated rings. The molecular weight excluding hydrogens is 392 g/mol. The van der Waals surface area contributed by atoms with Crippen LogP contribution < -0.4 is 10.2 Å². The number of amides is 2. The third-order valence-electron chi connectivity index (χ3n) is 3.92. The van der Waals surface area contributed by atoms with Crippen LogP contribution in [0.15, 0.2) is 53.4 Å². The molecule has 28 heavy (non-hydrogen) atoms. The van der Waals surface area contributed by atoms with E-state index in [4.69, 9.17) is 17.0 Å². The first-order valence-electron chi connectivity index (χ1n) is 8.76. The zero-order valence-electron chi connectivity index (χ0n) is 15.8. The van der Waals surface area contributed by atoms with Crippen LogP contribution in [0.25, 0.3) is 6.08 Å². The van der Waals surface area contributed by atoms with Gasteiger partial charge in [0.15, 0.2) is 4.32 Å². The summed E-state index contributed by atoms with van der Waals surface area (Å²) in [7, 11) is 0. The number of thiocarbonyl (C=S) groups is 1. The first-order chi connectivity index (χ1) is 13.3. The Morgan fingerprint density at radius 2 is 1.96 bits per heavy atom. The Morgan fingerprint density at radius 1 is 1.21 bits per heavy atom. The van der Waals surface area contributed by atoms with Gasteiger partial charge in [-0.2, -0.15) is 5.01 Å². The minimum atomic E-state index is -0.372. The largest absolute Gasteiger partial charge is 0.491 e. The predicted octanol–water partition coefficient (Wildman–Crippen LogP) is 4.33. The average Bonchev–Trinajstić information content (AvgIpc) is 2.89. The van der Waals surface area contributed by atoms with Gasteiger partial charge in [-0.1, -0.05) is 42.1 Å². The quantitative estimate of drug-likeness (QED) is 0.585. The Labute approximate surface area is 173 Å². The van der Waals surface area contributed by atoms with Crippen molar-refractivity contribution in [2.45, 2.75) is 26.9 Å². The van der Waals surface area contributed by atoms with Crippen LogP contribution in [0.4, 0.5) is 0 Å². The van der Waals surface area contributed by atoms with Crippen molar-refractivity contribution in [3.05, 3.63) is 70.1 Å². The molecule has 1 aliphatic heterocycles. The molecule has 2 aromatic carbocycles. The van der Waals surface area contributed by atoms with Gasteiger partial charge in [0.1, 0.15) is 5.75 Å². The molecule has 5 nitrogen and oxygen atoms in total. The second-order valence-corrected chi connectivity index (χ2v) is 8.19. The molecule has 0 unspecified atom stereocenters. The maximum Gasteiger partial charge on any atom is 0.285 e. The molecule has 1 aliphatic rings. The zero-order chi connectivity index (χ0) is 20.3. The highest BCUT2D eigenvalue weighted by Crippen LogP contribution is 2.32. The van der Waals surface area contributed by atoms with Gasteiger partial charge in [0.2, 0.25) is 0 Å². The number of nitrogens with one attached hydrogen (secondary N) is 1. The number of aryl methyl sites for hydroxylation is 1. The van der Waals surface area contributed by atoms with Crippen molar-refractivity contribution in [1.82, 2.24) is 10.4 Å². The molecule has 0 radical (unpaired) electrons. The van der Waals surface area contributed by atoms with E-state index in [9.17, 15) is 9.59 Å². The number of ether oxygens (including phenoxy) is 1. The summed E-state index contributed by atoms with van der Waals surface area (Å²) < 4.78 is 5.97. The predicted molar refractivity (Wildman–Crippen MR) is 116 cm³/mol. The number of hydrogen-bond acceptors (Lipinski definition) is 5. The topological polar surface area (TPSA) is 58.6 Å². The maximum absolute atomic E-state index is 12.7. The third kappa shape index (κ3) is 4.61. The van der Waals surface area contributed by atoms with E-state index in [0.717, 1.165) is 33.6 Å². The molecule has 3 rings (SSSR count). The average molecular weight is 413 g/mol. The van der Waals surface area contributed by atoms with Crippen LogP contribution in [0.3, 0.4) is 0 Å². The molecule has 2 amide bonds. The summed E-state index contributed by atoms with van der Waals surface area (Å²) in [4.78, 5) is 25.7. The van der Waals surface area contributed by atoms with Gasteiger partial charge in [0.05, 0.1) is 11.0 Å². The lowest BCUT2D eigenvalue weighted by Crippen LogP contribution is -2.45. The van der Waals surface area contributed by atoms with Crippen LogP contribution in [0.1, 0.15) is 35.3 Å². The second kappa shape index (κ2) is 8.58. The minimum Gasteiger partial charge on any atom is -0.491 e. The van der Waals surface area contributed by atoms with E-state index in [1.54, 1.807) is 18.2 Å². The van der Waals surface area contributed by atoms with Crippen LogP contribution in [0, 0.1) is 6.92 Å². The maximum atomic E-state index is 12.7. The van der Waals surface area contributed by atoms with Gasteiger partial charge in [-0.05, 0) is 68.4 Å². The molecule has 144 valence electrons. The van der Waals surface area contributed by atoms with Crippen LogP contribution in [-0.2, 0) is 4.79 Å². The Kier molecular flexibility index (Phi) is 6.16. The van der Waals surface area contributed by atoms with E-state index < -0.39 is 0 Å². The van der Waals surface area contributed by atoms with E-state index in [0.29, 0.717) is 10.5 Å². The van der Waals surface area contributed by atoms with Gasteiger partial charge >= 0.3 is 0 Å². The number of thioether (sulfide) groups is 1. The van der Waals surface area contributed by atoms with E-state index >= 15 is 0 Å². The lowest BCUT2D eigenvalue weighted by Gasteiger charge is -2.16. The first-order valence-corrected chi connectivity index (χ1v) is 9.99. The lowest BCUT2D eigenvalue weighted by molar-refractivity contribution is -0.123. The summed E-state index contributed by atoms with van der Waals surface area (Å²) in [5.41, 5.74) is 4.75. The molecule has 7 heteroatoms. The van der Waals surface area contributed by atoms with Crippen molar-refractivity contribution in [3.63, 3.8) is 0 Å². The summed E-state index contributed by atoms with van der Waals surface area (Å²) >= 11 is 6.43. The number of hydrazine groups is 1. The van der Waals surface area contributed by atoms with Gasteiger partial charge in [-0.25, -0.2) is 0 Å². The monoisotopic (exact) mass is 412 g/mol. The number of rotatable bonds is 5. The summed E-state index contributed by atoms with van der Waals surface area (Å²) in [5.74, 6) is 0.00202. The fourth-order valence-corrected chi connectivity index (χ4v) is 3.83. The summed E-state index contributed by atoms with van der Waals surface area (Å²) in [5, 5.41) is 1.12. The Morgan fingerprint density at radius 3 is 2.68 bits per heavy atom. The number of nitrogens with zero attached hydrogens (tertiary/aromatic N) is 1. The molecular formula is C21H20N2O3S2. The number of carbonyl (C=O) groups is 2. The summed E-state index contributed by atoms with van der Waals surface area (Å²) in [6.07, 6.45) is 1.80. The van der Waals surface area contributed by atoms with Gasteiger partial charge < -0.3 is 4.74 Å². The van der Waals surface area contributed by atoms with E-state index in [-0.39, 0.29) is 22.2 Å². The second-order valence-electron chi connectivity index (χ2n) is 6.51. The fraction of sp³-hybridized carbons (Fsp3) is 0.190. The van der Waals surface area contributed by atoms with Crippen molar-refractivity contribution < 1.29 is 14.3 Å². The minimum absolute atomic E-state index is 0.0603. The van der Waals surface area contributed by atoms with Gasteiger partial charge in [-0.3, -0.25) is 15.0 Å². The Bertz CT molecular complexity index is 970. The Hall–Kier alpha value is -2.64. The molecule has 0 bridgehead atoms. The van der Waals surface area contributed by atoms with Gasteiger partial charge in [0.25, 0.3) is 11.8 Å². The highest BCUT2D eigenvalue weighted by molar-refractivity contribution is 8.26. The third-order valence-corrected chi connectivity index (χ3v) is 5.23. The van der Waals surface area contributed by atoms with Crippen LogP contribution in [0.2, 0.25) is 0 Å². The van der Waals surface area contributed by atoms with E-state index in [1.165, 1.54) is 0 Å². The molecule has 1 heterocycles. The molecule has 1 saturated heterocycles. The first kappa shape index (κ1) is 20.1. The van der Waals surface area contributed by atoms with Crippen molar-refractivity contribution >= 4 is 46.2 Å². The zero-order valence-corrected chi connectivity index (χ0v) is 17.4. The van der Waals surface area contributed by atoms with Gasteiger partial charge in [-0.15, -0.1) is 0 Å². The number of carbonyl (C=O) groups excluding carboxylic acids is 2. The van der Waals surface area contributed by atoms with Crippen molar-refractivity contribution in [1.29, 1.82) is 0 Å². The van der Waals surface area contributed by atoms with Crippen molar-refractivity contribution in [3.8, 4) is 5.75 Å². The van der Waals surface area contributed by atoms with Crippen LogP contribution in [-0.4, -0.2) is 27.2 Å². The highest BCUT2D eigenvalue weighted by Gasteiger charge is 2.34. The summed E-state index contributed by atoms with van der Waals surface area (Å²) in [6, 6.07) is 14.6. The molecule has 0 aliphatic carbocycles. The smallest absolute Gasteiger partial charge is 0.285 e.